The van der Waals surface area contributed by atoms with Gasteiger partial charge in [-0.25, -0.2) is 0 Å². The van der Waals surface area contributed by atoms with Gasteiger partial charge in [-0.15, -0.1) is 0 Å². The summed E-state index contributed by atoms with van der Waals surface area (Å²) in [5.74, 6) is 1.74. The maximum absolute atomic E-state index is 12.5. The molecular formula is C22H33N3O3. The average molecular weight is 388 g/mol. The summed E-state index contributed by atoms with van der Waals surface area (Å²) in [6, 6.07) is 9.05. The van der Waals surface area contributed by atoms with E-state index in [-0.39, 0.29) is 12.1 Å². The van der Waals surface area contributed by atoms with Crippen LogP contribution in [0.2, 0.25) is 0 Å². The Kier molecular flexibility index (Phi) is 6.19. The molecule has 0 radical (unpaired) electrons. The van der Waals surface area contributed by atoms with E-state index < -0.39 is 0 Å². The molecule has 3 saturated heterocycles. The molecule has 3 fully saturated rings. The van der Waals surface area contributed by atoms with Crippen LogP contribution in [0.3, 0.4) is 0 Å². The van der Waals surface area contributed by atoms with Crippen molar-refractivity contribution in [2.75, 3.05) is 40.0 Å². The van der Waals surface area contributed by atoms with Gasteiger partial charge in [0.25, 0.3) is 0 Å². The highest BCUT2D eigenvalue weighted by atomic mass is 16.5. The molecule has 4 atom stereocenters. The molecule has 1 aromatic rings. The topological polar surface area (TPSA) is 54.0 Å². The van der Waals surface area contributed by atoms with Gasteiger partial charge in [0.05, 0.1) is 26.5 Å². The number of carbonyl (C=O) groups excluding carboxylic acids is 1. The second kappa shape index (κ2) is 8.80. The molecule has 1 amide bonds. The van der Waals surface area contributed by atoms with Gasteiger partial charge in [0.2, 0.25) is 5.91 Å². The Labute approximate surface area is 168 Å². The molecule has 0 bridgehead atoms. The minimum Gasteiger partial charge on any atom is -0.496 e. The summed E-state index contributed by atoms with van der Waals surface area (Å²) >= 11 is 0. The van der Waals surface area contributed by atoms with Crippen LogP contribution < -0.4 is 10.1 Å². The molecule has 1 aromatic carbocycles. The molecule has 4 rings (SSSR count). The maximum Gasteiger partial charge on any atom is 0.222 e. The van der Waals surface area contributed by atoms with E-state index in [2.05, 4.69) is 34.2 Å². The van der Waals surface area contributed by atoms with Crippen molar-refractivity contribution >= 4 is 5.91 Å². The number of nitrogens with zero attached hydrogens (tertiary/aromatic N) is 2. The Morgan fingerprint density at radius 3 is 2.79 bits per heavy atom. The zero-order chi connectivity index (χ0) is 19.5. The van der Waals surface area contributed by atoms with Crippen molar-refractivity contribution in [2.45, 2.75) is 50.9 Å². The third kappa shape index (κ3) is 4.19. The van der Waals surface area contributed by atoms with E-state index in [0.717, 1.165) is 51.4 Å². The predicted molar refractivity (Wildman–Crippen MR) is 108 cm³/mol. The maximum atomic E-state index is 12.5. The monoisotopic (exact) mass is 387 g/mol. The SMILES string of the molecule is COc1ccccc1C[C@H]1[C@H](C)CCN1C1CC(N2CCOCC2)CC(=O)N1. The van der Waals surface area contributed by atoms with Gasteiger partial charge in [0, 0.05) is 38.1 Å². The Balaban J connectivity index is 1.48. The molecule has 28 heavy (non-hydrogen) atoms. The lowest BCUT2D eigenvalue weighted by Crippen LogP contribution is -2.59. The molecule has 3 aliphatic rings. The van der Waals surface area contributed by atoms with E-state index in [1.807, 2.05) is 12.1 Å². The van der Waals surface area contributed by atoms with E-state index in [0.29, 0.717) is 24.4 Å². The van der Waals surface area contributed by atoms with Crippen LogP contribution in [-0.4, -0.2) is 73.9 Å². The largest absolute Gasteiger partial charge is 0.496 e. The van der Waals surface area contributed by atoms with Crippen LogP contribution in [0.25, 0.3) is 0 Å². The molecule has 3 heterocycles. The molecule has 154 valence electrons. The number of piperidine rings is 1. The molecular weight excluding hydrogens is 354 g/mol. The molecule has 2 unspecified atom stereocenters. The number of methoxy groups -OCH3 is 1. The lowest BCUT2D eigenvalue weighted by molar-refractivity contribution is -0.129. The van der Waals surface area contributed by atoms with Crippen molar-refractivity contribution in [3.8, 4) is 5.75 Å². The van der Waals surface area contributed by atoms with Crippen LogP contribution in [0.4, 0.5) is 0 Å². The number of nitrogens with one attached hydrogen (secondary N) is 1. The molecule has 0 saturated carbocycles. The lowest BCUT2D eigenvalue weighted by Gasteiger charge is -2.43. The van der Waals surface area contributed by atoms with Crippen LogP contribution in [0.1, 0.15) is 31.7 Å². The van der Waals surface area contributed by atoms with Crippen LogP contribution in [-0.2, 0) is 16.0 Å². The fraction of sp³-hybridized carbons (Fsp3) is 0.682. The summed E-state index contributed by atoms with van der Waals surface area (Å²) in [7, 11) is 1.74. The van der Waals surface area contributed by atoms with Gasteiger partial charge in [0.1, 0.15) is 5.75 Å². The van der Waals surface area contributed by atoms with Crippen LogP contribution in [0.15, 0.2) is 24.3 Å². The van der Waals surface area contributed by atoms with Crippen molar-refractivity contribution in [3.63, 3.8) is 0 Å². The first-order chi connectivity index (χ1) is 13.7. The number of para-hydroxylation sites is 1. The first kappa shape index (κ1) is 19.7. The van der Waals surface area contributed by atoms with Crippen molar-refractivity contribution in [2.24, 2.45) is 5.92 Å². The van der Waals surface area contributed by atoms with Crippen LogP contribution in [0, 0.1) is 5.92 Å². The van der Waals surface area contributed by atoms with Gasteiger partial charge in [-0.3, -0.25) is 14.6 Å². The van der Waals surface area contributed by atoms with Gasteiger partial charge in [-0.05, 0) is 36.8 Å². The van der Waals surface area contributed by atoms with Crippen molar-refractivity contribution in [1.29, 1.82) is 0 Å². The smallest absolute Gasteiger partial charge is 0.222 e. The number of morpholine rings is 1. The van der Waals surface area contributed by atoms with Crippen molar-refractivity contribution in [1.82, 2.24) is 15.1 Å². The molecule has 6 heteroatoms. The first-order valence-electron chi connectivity index (χ1n) is 10.6. The fourth-order valence-corrected chi connectivity index (χ4v) is 5.14. The third-order valence-electron chi connectivity index (χ3n) is 6.75. The quantitative estimate of drug-likeness (QED) is 0.836. The molecule has 0 aliphatic carbocycles. The number of hydrogen-bond acceptors (Lipinski definition) is 5. The Morgan fingerprint density at radius 2 is 2.00 bits per heavy atom. The normalized spacial score (nSPS) is 32.3. The summed E-state index contributed by atoms with van der Waals surface area (Å²) in [6.07, 6.45) is 3.87. The zero-order valence-corrected chi connectivity index (χ0v) is 17.1. The van der Waals surface area contributed by atoms with Crippen LogP contribution in [0.5, 0.6) is 5.75 Å². The Morgan fingerprint density at radius 1 is 1.21 bits per heavy atom. The number of benzene rings is 1. The van der Waals surface area contributed by atoms with Gasteiger partial charge >= 0.3 is 0 Å². The minimum absolute atomic E-state index is 0.124. The summed E-state index contributed by atoms with van der Waals surface area (Å²) in [5.41, 5.74) is 1.25. The number of rotatable bonds is 5. The lowest BCUT2D eigenvalue weighted by atomic mass is 9.93. The van der Waals surface area contributed by atoms with Crippen LogP contribution >= 0.6 is 0 Å². The first-order valence-corrected chi connectivity index (χ1v) is 10.6. The second-order valence-corrected chi connectivity index (χ2v) is 8.41. The highest BCUT2D eigenvalue weighted by molar-refractivity contribution is 5.77. The van der Waals surface area contributed by atoms with E-state index in [4.69, 9.17) is 9.47 Å². The van der Waals surface area contributed by atoms with Gasteiger partial charge < -0.3 is 14.8 Å². The Hall–Kier alpha value is -1.63. The van der Waals surface area contributed by atoms with E-state index in [9.17, 15) is 4.79 Å². The van der Waals surface area contributed by atoms with E-state index in [1.165, 1.54) is 12.0 Å². The highest BCUT2D eigenvalue weighted by Crippen LogP contribution is 2.33. The third-order valence-corrected chi connectivity index (χ3v) is 6.75. The molecule has 0 spiro atoms. The molecule has 0 aromatic heterocycles. The zero-order valence-electron chi connectivity index (χ0n) is 17.1. The summed E-state index contributed by atoms with van der Waals surface area (Å²) in [4.78, 5) is 17.5. The van der Waals surface area contributed by atoms with Crippen molar-refractivity contribution < 1.29 is 14.3 Å². The number of likely N-dealkylation sites (tertiary alicyclic amines) is 1. The fourth-order valence-electron chi connectivity index (χ4n) is 5.14. The molecule has 6 nitrogen and oxygen atoms in total. The standard InChI is InChI=1S/C22H33N3O3/c1-16-7-8-25(19(16)13-17-5-3-4-6-20(17)27-2)21-14-18(15-22(26)23-21)24-9-11-28-12-10-24/h3-6,16,18-19,21H,7-15H2,1-2H3,(H,23,26)/t16-,18?,19+,21?/m1/s1. The number of hydrogen-bond donors (Lipinski definition) is 1. The highest BCUT2D eigenvalue weighted by Gasteiger charge is 2.40. The van der Waals surface area contributed by atoms with E-state index >= 15 is 0 Å². The minimum atomic E-state index is 0.124. The Bertz CT molecular complexity index is 677. The second-order valence-electron chi connectivity index (χ2n) is 8.41. The van der Waals surface area contributed by atoms with Crippen molar-refractivity contribution in [3.05, 3.63) is 29.8 Å². The number of carbonyl (C=O) groups is 1. The summed E-state index contributed by atoms with van der Waals surface area (Å²) < 4.78 is 11.1. The summed E-state index contributed by atoms with van der Waals surface area (Å²) in [5, 5.41) is 3.29. The number of ether oxygens (including phenoxy) is 2. The average Bonchev–Trinajstić information content (AvgIpc) is 3.09. The number of amides is 1. The van der Waals surface area contributed by atoms with E-state index in [1.54, 1.807) is 7.11 Å². The van der Waals surface area contributed by atoms with Gasteiger partial charge in [-0.2, -0.15) is 0 Å². The van der Waals surface area contributed by atoms with Gasteiger partial charge in [-0.1, -0.05) is 25.1 Å². The molecule has 1 N–H and O–H groups in total. The van der Waals surface area contributed by atoms with Gasteiger partial charge in [0.15, 0.2) is 0 Å². The molecule has 3 aliphatic heterocycles. The predicted octanol–water partition coefficient (Wildman–Crippen LogP) is 1.89. The summed E-state index contributed by atoms with van der Waals surface area (Å²) in [6.45, 7) is 6.81.